The molecule has 7 rings (SSSR count). The lowest BCUT2D eigenvalue weighted by Crippen LogP contribution is -2.51. The van der Waals surface area contributed by atoms with Crippen molar-refractivity contribution in [2.45, 2.75) is 17.9 Å². The summed E-state index contributed by atoms with van der Waals surface area (Å²) in [4.78, 5) is 25.5. The third-order valence-corrected chi connectivity index (χ3v) is 7.48. The lowest BCUT2D eigenvalue weighted by Gasteiger charge is -2.50. The minimum atomic E-state index is -1.54. The van der Waals surface area contributed by atoms with Gasteiger partial charge in [0, 0.05) is 22.8 Å². The maximum absolute atomic E-state index is 13.8. The molecule has 3 atom stereocenters. The van der Waals surface area contributed by atoms with Crippen LogP contribution in [0.15, 0.2) is 91.5 Å². The van der Waals surface area contributed by atoms with Crippen LogP contribution in [-0.2, 0) is 15.2 Å². The fourth-order valence-corrected chi connectivity index (χ4v) is 5.82. The van der Waals surface area contributed by atoms with Gasteiger partial charge in [0.15, 0.2) is 0 Å². The Bertz CT molecular complexity index is 1590. The number of methoxy groups -OCH3 is 1. The van der Waals surface area contributed by atoms with E-state index in [-0.39, 0.29) is 5.92 Å². The van der Waals surface area contributed by atoms with Gasteiger partial charge in [0.25, 0.3) is 0 Å². The predicted molar refractivity (Wildman–Crippen MR) is 138 cm³/mol. The van der Waals surface area contributed by atoms with E-state index in [9.17, 15) is 14.7 Å². The average molecular weight is 493 g/mol. The van der Waals surface area contributed by atoms with Gasteiger partial charge in [-0.3, -0.25) is 4.79 Å². The molecule has 184 valence electrons. The van der Waals surface area contributed by atoms with Crippen LogP contribution in [0.25, 0.3) is 10.8 Å². The van der Waals surface area contributed by atoms with Crippen molar-refractivity contribution in [2.75, 3.05) is 7.11 Å². The third kappa shape index (κ3) is 3.44. The highest BCUT2D eigenvalue weighted by atomic mass is 16.5. The molecule has 2 bridgehead atoms. The topological polar surface area (TPSA) is 82.1 Å². The Hall–Kier alpha value is -4.42. The van der Waals surface area contributed by atoms with Crippen molar-refractivity contribution in [2.24, 2.45) is 5.92 Å². The molecular formula is C31H24O6. The summed E-state index contributed by atoms with van der Waals surface area (Å²) in [7, 11) is 1.61. The minimum absolute atomic E-state index is 0.0784. The van der Waals surface area contributed by atoms with Gasteiger partial charge in [-0.2, -0.15) is 0 Å². The van der Waals surface area contributed by atoms with Gasteiger partial charge in [0.05, 0.1) is 13.0 Å². The molecule has 0 aromatic heterocycles. The van der Waals surface area contributed by atoms with Crippen molar-refractivity contribution in [1.82, 2.24) is 0 Å². The number of hydrogen-bond acceptors (Lipinski definition) is 6. The molecule has 6 heteroatoms. The molecule has 4 aromatic rings. The van der Waals surface area contributed by atoms with Gasteiger partial charge in [0.1, 0.15) is 22.8 Å². The summed E-state index contributed by atoms with van der Waals surface area (Å²) in [6.07, 6.45) is 1.49. The second kappa shape index (κ2) is 8.61. The summed E-state index contributed by atoms with van der Waals surface area (Å²) in [6, 6.07) is 23.7. The number of carbonyl (C=O) groups excluding carboxylic acids is 2. The van der Waals surface area contributed by atoms with Gasteiger partial charge in [-0.15, -0.1) is 0 Å². The second-order valence-electron chi connectivity index (χ2n) is 9.30. The first-order valence-corrected chi connectivity index (χ1v) is 12.0. The molecule has 3 unspecified atom stereocenters. The zero-order valence-electron chi connectivity index (χ0n) is 20.1. The van der Waals surface area contributed by atoms with Crippen LogP contribution in [0.2, 0.25) is 0 Å². The van der Waals surface area contributed by atoms with E-state index < -0.39 is 23.5 Å². The molecule has 0 heterocycles. The molecule has 4 aromatic carbocycles. The maximum Gasteiger partial charge on any atom is 0.335 e. The van der Waals surface area contributed by atoms with Gasteiger partial charge < -0.3 is 19.3 Å². The standard InChI is InChI=1S/C31H24O6/c1-3-29(32)36-27-14-15-28(21-10-5-4-9-20(21)27)37-30(33)26-17-22-19-8-6-7-11-24(19)31(26,34)25-13-12-18(35-2)16-23(22)25/h3-16,22,26,34H,1,17H2,2H3. The van der Waals surface area contributed by atoms with Crippen LogP contribution in [0, 0.1) is 5.92 Å². The molecule has 3 aliphatic rings. The third-order valence-electron chi connectivity index (χ3n) is 7.48. The van der Waals surface area contributed by atoms with Gasteiger partial charge in [0.2, 0.25) is 0 Å². The summed E-state index contributed by atoms with van der Waals surface area (Å²) >= 11 is 0. The van der Waals surface area contributed by atoms with Crippen LogP contribution in [0.3, 0.4) is 0 Å². The average Bonchev–Trinajstić information content (AvgIpc) is 2.94. The number of esters is 2. The summed E-state index contributed by atoms with van der Waals surface area (Å²) in [6.45, 7) is 3.44. The lowest BCUT2D eigenvalue weighted by atomic mass is 9.56. The molecule has 0 fully saturated rings. The Balaban J connectivity index is 1.41. The van der Waals surface area contributed by atoms with Gasteiger partial charge in [-0.25, -0.2) is 4.79 Å². The van der Waals surface area contributed by atoms with E-state index in [0.29, 0.717) is 40.0 Å². The SMILES string of the molecule is C=CC(=O)Oc1ccc(OC(=O)C2CC3c4ccccc4C2(O)c2ccc(OC)cc23)c2ccccc12. The molecule has 6 nitrogen and oxygen atoms in total. The first-order chi connectivity index (χ1) is 18.0. The van der Waals surface area contributed by atoms with Crippen LogP contribution in [0.4, 0.5) is 0 Å². The van der Waals surface area contributed by atoms with Crippen LogP contribution in [-0.4, -0.2) is 24.2 Å². The van der Waals surface area contributed by atoms with E-state index in [1.54, 1.807) is 37.4 Å². The summed E-state index contributed by atoms with van der Waals surface area (Å²) < 4.78 is 16.8. The molecule has 1 N–H and O–H groups in total. The monoisotopic (exact) mass is 492 g/mol. The molecular weight excluding hydrogens is 468 g/mol. The van der Waals surface area contributed by atoms with Crippen molar-refractivity contribution in [3.8, 4) is 17.2 Å². The van der Waals surface area contributed by atoms with E-state index in [0.717, 1.165) is 22.8 Å². The van der Waals surface area contributed by atoms with E-state index in [4.69, 9.17) is 14.2 Å². The molecule has 37 heavy (non-hydrogen) atoms. The van der Waals surface area contributed by atoms with E-state index in [2.05, 4.69) is 6.58 Å². The fraction of sp³-hybridized carbons (Fsp3) is 0.161. The van der Waals surface area contributed by atoms with Crippen molar-refractivity contribution in [3.63, 3.8) is 0 Å². The highest BCUT2D eigenvalue weighted by molar-refractivity contribution is 5.97. The number of hydrogen-bond donors (Lipinski definition) is 1. The van der Waals surface area contributed by atoms with Crippen LogP contribution < -0.4 is 14.2 Å². The van der Waals surface area contributed by atoms with Crippen molar-refractivity contribution < 1.29 is 28.9 Å². The van der Waals surface area contributed by atoms with Gasteiger partial charge >= 0.3 is 11.9 Å². The Morgan fingerprint density at radius 3 is 2.24 bits per heavy atom. The first-order valence-electron chi connectivity index (χ1n) is 12.0. The molecule has 0 saturated carbocycles. The second-order valence-corrected chi connectivity index (χ2v) is 9.30. The van der Waals surface area contributed by atoms with Crippen molar-refractivity contribution in [1.29, 1.82) is 0 Å². The normalized spacial score (nSPS) is 21.0. The predicted octanol–water partition coefficient (Wildman–Crippen LogP) is 5.25. The Morgan fingerprint density at radius 1 is 0.892 bits per heavy atom. The zero-order chi connectivity index (χ0) is 25.7. The largest absolute Gasteiger partial charge is 0.497 e. The summed E-state index contributed by atoms with van der Waals surface area (Å²) in [5, 5.41) is 13.5. The number of ether oxygens (including phenoxy) is 3. The quantitative estimate of drug-likeness (QED) is 0.233. The molecule has 0 aliphatic heterocycles. The number of aliphatic hydroxyl groups is 1. The van der Waals surface area contributed by atoms with Crippen LogP contribution in [0.5, 0.6) is 17.2 Å². The molecule has 0 saturated heterocycles. The van der Waals surface area contributed by atoms with E-state index >= 15 is 0 Å². The Morgan fingerprint density at radius 2 is 1.54 bits per heavy atom. The van der Waals surface area contributed by atoms with Gasteiger partial charge in [-0.05, 0) is 52.9 Å². The zero-order valence-corrected chi connectivity index (χ0v) is 20.1. The first kappa shape index (κ1) is 23.0. The van der Waals surface area contributed by atoms with Crippen molar-refractivity contribution in [3.05, 3.63) is 114 Å². The van der Waals surface area contributed by atoms with Gasteiger partial charge in [-0.1, -0.05) is 61.2 Å². The Labute approximate surface area is 213 Å². The molecule has 0 radical (unpaired) electrons. The van der Waals surface area contributed by atoms with E-state index in [1.165, 1.54) is 0 Å². The lowest BCUT2D eigenvalue weighted by molar-refractivity contribution is -0.149. The highest BCUT2D eigenvalue weighted by Crippen LogP contribution is 2.58. The summed E-state index contributed by atoms with van der Waals surface area (Å²) in [5.41, 5.74) is 1.85. The summed E-state index contributed by atoms with van der Waals surface area (Å²) in [5.74, 6) is -0.626. The minimum Gasteiger partial charge on any atom is -0.497 e. The van der Waals surface area contributed by atoms with Crippen LogP contribution >= 0.6 is 0 Å². The smallest absolute Gasteiger partial charge is 0.335 e. The number of benzene rings is 4. The fourth-order valence-electron chi connectivity index (χ4n) is 5.82. The van der Waals surface area contributed by atoms with Crippen molar-refractivity contribution >= 4 is 22.7 Å². The van der Waals surface area contributed by atoms with E-state index in [1.807, 2.05) is 48.5 Å². The molecule has 0 spiro atoms. The highest BCUT2D eigenvalue weighted by Gasteiger charge is 2.56. The maximum atomic E-state index is 13.8. The van der Waals surface area contributed by atoms with Crippen LogP contribution in [0.1, 0.15) is 34.6 Å². The Kier molecular flexibility index (Phi) is 5.35. The number of carbonyl (C=O) groups is 2. The molecule has 0 amide bonds. The molecule has 3 aliphatic carbocycles. The number of rotatable bonds is 5. The number of fused-ring (bicyclic) bond motifs is 2.